The fourth-order valence-electron chi connectivity index (χ4n) is 2.21. The number of aryl methyl sites for hydroxylation is 2. The number of furan rings is 1. The summed E-state index contributed by atoms with van der Waals surface area (Å²) >= 11 is 0. The van der Waals surface area contributed by atoms with Crippen molar-refractivity contribution in [1.29, 1.82) is 0 Å². The van der Waals surface area contributed by atoms with Gasteiger partial charge >= 0.3 is 0 Å². The highest BCUT2D eigenvalue weighted by molar-refractivity contribution is 5.33. The summed E-state index contributed by atoms with van der Waals surface area (Å²) in [4.78, 5) is 0. The van der Waals surface area contributed by atoms with E-state index in [4.69, 9.17) is 4.42 Å². The van der Waals surface area contributed by atoms with Gasteiger partial charge < -0.3 is 9.73 Å². The van der Waals surface area contributed by atoms with Crippen LogP contribution in [0.15, 0.2) is 28.7 Å². The Balaban J connectivity index is 2.45. The maximum Gasteiger partial charge on any atom is 0.131 e. The van der Waals surface area contributed by atoms with Crippen molar-refractivity contribution in [3.05, 3.63) is 58.5 Å². The van der Waals surface area contributed by atoms with Crippen molar-refractivity contribution in [3.63, 3.8) is 0 Å². The molecule has 0 aliphatic carbocycles. The molecule has 1 heterocycles. The number of halogens is 2. The molecular formula is C16H19F2NO. The fraction of sp³-hybridized carbons (Fsp3) is 0.375. The Morgan fingerprint density at radius 1 is 1.15 bits per heavy atom. The average Bonchev–Trinajstić information content (AvgIpc) is 2.89. The van der Waals surface area contributed by atoms with Crippen LogP contribution in [0, 0.1) is 18.6 Å². The fourth-order valence-corrected chi connectivity index (χ4v) is 2.21. The second kappa shape index (κ2) is 6.18. The van der Waals surface area contributed by atoms with E-state index >= 15 is 0 Å². The highest BCUT2D eigenvalue weighted by Crippen LogP contribution is 2.28. The zero-order valence-electron chi connectivity index (χ0n) is 12.0. The first-order chi connectivity index (χ1) is 9.56. The molecule has 0 radical (unpaired) electrons. The van der Waals surface area contributed by atoms with Crippen LogP contribution in [0.2, 0.25) is 0 Å². The molecule has 1 aromatic carbocycles. The largest absolute Gasteiger partial charge is 0.464 e. The molecule has 0 amide bonds. The number of hydrogen-bond donors (Lipinski definition) is 1. The van der Waals surface area contributed by atoms with Gasteiger partial charge in [-0.1, -0.05) is 13.8 Å². The summed E-state index contributed by atoms with van der Waals surface area (Å²) in [6, 6.07) is 5.78. The van der Waals surface area contributed by atoms with Gasteiger partial charge in [-0.15, -0.1) is 0 Å². The topological polar surface area (TPSA) is 25.2 Å². The van der Waals surface area contributed by atoms with Crippen LogP contribution in [0.25, 0.3) is 0 Å². The van der Waals surface area contributed by atoms with E-state index in [1.807, 2.05) is 26.0 Å². The summed E-state index contributed by atoms with van der Waals surface area (Å²) < 4.78 is 33.1. The second-order valence-electron chi connectivity index (χ2n) is 4.77. The lowest BCUT2D eigenvalue weighted by Crippen LogP contribution is -2.23. The van der Waals surface area contributed by atoms with Gasteiger partial charge in [0.05, 0.1) is 6.04 Å². The Hall–Kier alpha value is -1.68. The summed E-state index contributed by atoms with van der Waals surface area (Å²) in [7, 11) is 0. The summed E-state index contributed by atoms with van der Waals surface area (Å²) in [5.41, 5.74) is 0.828. The monoisotopic (exact) mass is 279 g/mol. The molecule has 1 atom stereocenters. The van der Waals surface area contributed by atoms with E-state index in [2.05, 4.69) is 5.32 Å². The first kappa shape index (κ1) is 14.7. The van der Waals surface area contributed by atoms with Gasteiger partial charge in [0.1, 0.15) is 23.2 Å². The molecule has 2 rings (SSSR count). The van der Waals surface area contributed by atoms with E-state index < -0.39 is 17.7 Å². The molecule has 2 aromatic rings. The van der Waals surface area contributed by atoms with Crippen LogP contribution < -0.4 is 5.32 Å². The van der Waals surface area contributed by atoms with Gasteiger partial charge in [-0.3, -0.25) is 0 Å². The normalized spacial score (nSPS) is 12.7. The number of nitrogens with one attached hydrogen (secondary N) is 1. The quantitative estimate of drug-likeness (QED) is 0.890. The average molecular weight is 279 g/mol. The third-order valence-corrected chi connectivity index (χ3v) is 3.31. The molecule has 0 fully saturated rings. The van der Waals surface area contributed by atoms with Crippen molar-refractivity contribution < 1.29 is 13.2 Å². The standard InChI is InChI=1S/C16H19F2NO/c1-4-11-6-7-15(20-11)16(19-5-2)12-8-10(3)13(17)9-14(12)18/h6-9,16,19H,4-5H2,1-3H3. The lowest BCUT2D eigenvalue weighted by atomic mass is 10.0. The van der Waals surface area contributed by atoms with Crippen LogP contribution in [-0.2, 0) is 6.42 Å². The van der Waals surface area contributed by atoms with Crippen molar-refractivity contribution >= 4 is 0 Å². The molecule has 0 bridgehead atoms. The summed E-state index contributed by atoms with van der Waals surface area (Å²) in [5.74, 6) is 0.402. The first-order valence-corrected chi connectivity index (χ1v) is 6.84. The predicted octanol–water partition coefficient (Wildman–Crippen LogP) is 4.13. The van der Waals surface area contributed by atoms with Crippen LogP contribution in [-0.4, -0.2) is 6.54 Å². The van der Waals surface area contributed by atoms with E-state index in [9.17, 15) is 8.78 Å². The van der Waals surface area contributed by atoms with Gasteiger partial charge in [0.15, 0.2) is 0 Å². The van der Waals surface area contributed by atoms with E-state index in [0.29, 0.717) is 23.4 Å². The third kappa shape index (κ3) is 2.90. The van der Waals surface area contributed by atoms with Crippen molar-refractivity contribution in [1.82, 2.24) is 5.32 Å². The van der Waals surface area contributed by atoms with Crippen molar-refractivity contribution in [2.24, 2.45) is 0 Å². The Morgan fingerprint density at radius 2 is 1.90 bits per heavy atom. The van der Waals surface area contributed by atoms with E-state index in [0.717, 1.165) is 18.2 Å². The molecule has 20 heavy (non-hydrogen) atoms. The van der Waals surface area contributed by atoms with Crippen LogP contribution >= 0.6 is 0 Å². The SMILES string of the molecule is CCNC(c1ccc(CC)o1)c1cc(C)c(F)cc1F. The van der Waals surface area contributed by atoms with Crippen molar-refractivity contribution in [2.45, 2.75) is 33.2 Å². The summed E-state index contributed by atoms with van der Waals surface area (Å²) in [6.45, 7) is 6.21. The molecule has 0 aliphatic rings. The van der Waals surface area contributed by atoms with Gasteiger partial charge in [-0.2, -0.15) is 0 Å². The molecule has 4 heteroatoms. The van der Waals surface area contributed by atoms with Gasteiger partial charge in [0.25, 0.3) is 0 Å². The van der Waals surface area contributed by atoms with E-state index in [1.165, 1.54) is 6.07 Å². The molecule has 0 aliphatic heterocycles. The van der Waals surface area contributed by atoms with Gasteiger partial charge in [0.2, 0.25) is 0 Å². The van der Waals surface area contributed by atoms with Crippen molar-refractivity contribution in [3.8, 4) is 0 Å². The Bertz CT molecular complexity index is 592. The maximum atomic E-state index is 14.1. The van der Waals surface area contributed by atoms with Crippen LogP contribution in [0.1, 0.15) is 42.5 Å². The summed E-state index contributed by atoms with van der Waals surface area (Å²) in [6.07, 6.45) is 0.782. The minimum atomic E-state index is -0.562. The predicted molar refractivity (Wildman–Crippen MR) is 74.7 cm³/mol. The Kier molecular flexibility index (Phi) is 4.55. The van der Waals surface area contributed by atoms with Gasteiger partial charge in [0, 0.05) is 18.1 Å². The van der Waals surface area contributed by atoms with Crippen molar-refractivity contribution in [2.75, 3.05) is 6.54 Å². The Morgan fingerprint density at radius 3 is 2.50 bits per heavy atom. The van der Waals surface area contributed by atoms with Crippen LogP contribution in [0.3, 0.4) is 0 Å². The molecule has 108 valence electrons. The molecule has 1 N–H and O–H groups in total. The van der Waals surface area contributed by atoms with E-state index in [1.54, 1.807) is 6.92 Å². The minimum Gasteiger partial charge on any atom is -0.464 e. The zero-order valence-corrected chi connectivity index (χ0v) is 12.0. The lowest BCUT2D eigenvalue weighted by molar-refractivity contribution is 0.417. The molecule has 2 nitrogen and oxygen atoms in total. The molecular weight excluding hydrogens is 260 g/mol. The highest BCUT2D eigenvalue weighted by Gasteiger charge is 2.21. The first-order valence-electron chi connectivity index (χ1n) is 6.84. The summed E-state index contributed by atoms with van der Waals surface area (Å²) in [5, 5.41) is 3.18. The minimum absolute atomic E-state index is 0.403. The smallest absolute Gasteiger partial charge is 0.131 e. The highest BCUT2D eigenvalue weighted by atomic mass is 19.1. The van der Waals surface area contributed by atoms with Crippen LogP contribution in [0.4, 0.5) is 8.78 Å². The lowest BCUT2D eigenvalue weighted by Gasteiger charge is -2.17. The zero-order chi connectivity index (χ0) is 14.7. The molecule has 0 saturated carbocycles. The number of hydrogen-bond acceptors (Lipinski definition) is 2. The maximum absolute atomic E-state index is 14.1. The van der Waals surface area contributed by atoms with Gasteiger partial charge in [-0.05, 0) is 37.2 Å². The molecule has 0 spiro atoms. The van der Waals surface area contributed by atoms with E-state index in [-0.39, 0.29) is 0 Å². The molecule has 0 saturated heterocycles. The third-order valence-electron chi connectivity index (χ3n) is 3.31. The van der Waals surface area contributed by atoms with Gasteiger partial charge in [-0.25, -0.2) is 8.78 Å². The molecule has 1 unspecified atom stereocenters. The second-order valence-corrected chi connectivity index (χ2v) is 4.77. The molecule has 1 aromatic heterocycles. The number of rotatable bonds is 5. The Labute approximate surface area is 117 Å². The number of benzene rings is 1. The van der Waals surface area contributed by atoms with Crippen LogP contribution in [0.5, 0.6) is 0 Å².